The van der Waals surface area contributed by atoms with Gasteiger partial charge in [0.15, 0.2) is 5.65 Å². The second-order valence-electron chi connectivity index (χ2n) is 8.60. The Hall–Kier alpha value is -1.92. The van der Waals surface area contributed by atoms with E-state index >= 15 is 0 Å². The highest BCUT2D eigenvalue weighted by Gasteiger charge is 2.14. The van der Waals surface area contributed by atoms with E-state index in [1.165, 1.54) is 49.4 Å². The lowest BCUT2D eigenvalue weighted by atomic mass is 10.1. The summed E-state index contributed by atoms with van der Waals surface area (Å²) in [6.45, 7) is 16.3. The van der Waals surface area contributed by atoms with Crippen molar-refractivity contribution in [3.8, 4) is 0 Å². The minimum Gasteiger partial charge on any atom is -0.308 e. The topological polar surface area (TPSA) is 37.2 Å². The van der Waals surface area contributed by atoms with Gasteiger partial charge >= 0.3 is 0 Å². The van der Waals surface area contributed by atoms with Crippen molar-refractivity contribution in [3.05, 3.63) is 64.6 Å². The van der Waals surface area contributed by atoms with Gasteiger partial charge in [-0.2, -0.15) is 0 Å². The summed E-state index contributed by atoms with van der Waals surface area (Å²) in [5.74, 6) is 1.10. The van der Waals surface area contributed by atoms with Crippen LogP contribution in [0.5, 0.6) is 0 Å². The van der Waals surface area contributed by atoms with E-state index in [0.717, 1.165) is 42.2 Å². The Morgan fingerprint density at radius 1 is 0.909 bits per heavy atom. The van der Waals surface area contributed by atoms with Crippen LogP contribution in [-0.2, 0) is 13.0 Å². The molecule has 0 amide bonds. The molecule has 4 rings (SSSR count). The maximum Gasteiger partial charge on any atom is 0.160 e. The summed E-state index contributed by atoms with van der Waals surface area (Å²) in [4.78, 5) is 14.7. The SMILES string of the molecule is CCc1nc2c(C)cc(C)nc2n1Cc1ccc(/C=C/CN2CCN(CC)CC2)cc1.Cl.Cl. The number of imidazole rings is 1. The van der Waals surface area contributed by atoms with Crippen molar-refractivity contribution in [1.82, 2.24) is 24.3 Å². The lowest BCUT2D eigenvalue weighted by Gasteiger charge is -2.33. The van der Waals surface area contributed by atoms with E-state index in [4.69, 9.17) is 9.97 Å². The molecule has 1 aliphatic heterocycles. The van der Waals surface area contributed by atoms with E-state index in [9.17, 15) is 0 Å². The first-order valence-corrected chi connectivity index (χ1v) is 11.6. The minimum absolute atomic E-state index is 0. The van der Waals surface area contributed by atoms with Crippen LogP contribution in [0, 0.1) is 13.8 Å². The largest absolute Gasteiger partial charge is 0.308 e. The molecule has 2 aromatic heterocycles. The highest BCUT2D eigenvalue weighted by molar-refractivity contribution is 5.85. The van der Waals surface area contributed by atoms with E-state index in [1.54, 1.807) is 0 Å². The number of rotatable bonds is 7. The van der Waals surface area contributed by atoms with Gasteiger partial charge in [-0.25, -0.2) is 9.97 Å². The van der Waals surface area contributed by atoms with Crippen LogP contribution in [0.1, 0.15) is 42.1 Å². The zero-order valence-corrected chi connectivity index (χ0v) is 21.9. The molecule has 1 aromatic carbocycles. The predicted octanol–water partition coefficient (Wildman–Crippen LogP) is 5.15. The number of fused-ring (bicyclic) bond motifs is 1. The first kappa shape index (κ1) is 27.3. The molecule has 1 aliphatic rings. The standard InChI is InChI=1S/C26H35N5.2ClH/c1-5-24-28-25-20(3)18-21(4)27-26(25)31(24)19-23-11-9-22(10-12-23)8-7-13-30-16-14-29(6-2)15-17-30;;/h7-12,18H,5-6,13-17,19H2,1-4H3;2*1H/b8-7+;;. The van der Waals surface area contributed by atoms with E-state index < -0.39 is 0 Å². The van der Waals surface area contributed by atoms with E-state index in [-0.39, 0.29) is 24.8 Å². The lowest BCUT2D eigenvalue weighted by molar-refractivity contribution is 0.148. The predicted molar refractivity (Wildman–Crippen MR) is 144 cm³/mol. The second kappa shape index (κ2) is 12.5. The Morgan fingerprint density at radius 2 is 1.58 bits per heavy atom. The Morgan fingerprint density at radius 3 is 2.21 bits per heavy atom. The number of benzene rings is 1. The highest BCUT2D eigenvalue weighted by atomic mass is 35.5. The lowest BCUT2D eigenvalue weighted by Crippen LogP contribution is -2.45. The summed E-state index contributed by atoms with van der Waals surface area (Å²) < 4.78 is 2.27. The number of aryl methyl sites for hydroxylation is 3. The van der Waals surface area contributed by atoms with E-state index in [0.29, 0.717) is 0 Å². The summed E-state index contributed by atoms with van der Waals surface area (Å²) in [6, 6.07) is 11.0. The van der Waals surface area contributed by atoms with Gasteiger partial charge in [-0.3, -0.25) is 4.90 Å². The molecule has 0 aliphatic carbocycles. The van der Waals surface area contributed by atoms with Gasteiger partial charge in [-0.1, -0.05) is 50.3 Å². The molecule has 0 unspecified atom stereocenters. The summed E-state index contributed by atoms with van der Waals surface area (Å²) in [5.41, 5.74) is 6.82. The number of hydrogen-bond donors (Lipinski definition) is 0. The van der Waals surface area contributed by atoms with Crippen molar-refractivity contribution in [2.24, 2.45) is 0 Å². The van der Waals surface area contributed by atoms with Crippen LogP contribution in [0.15, 0.2) is 36.4 Å². The van der Waals surface area contributed by atoms with Crippen molar-refractivity contribution in [3.63, 3.8) is 0 Å². The molecular weight excluding hydrogens is 453 g/mol. The molecule has 180 valence electrons. The van der Waals surface area contributed by atoms with Gasteiger partial charge in [-0.05, 0) is 43.1 Å². The van der Waals surface area contributed by atoms with Crippen LogP contribution >= 0.6 is 24.8 Å². The minimum atomic E-state index is 0. The molecule has 0 bridgehead atoms. The molecule has 7 heteroatoms. The Kier molecular flexibility index (Phi) is 10.4. The fourth-order valence-electron chi connectivity index (χ4n) is 4.43. The summed E-state index contributed by atoms with van der Waals surface area (Å²) in [5, 5.41) is 0. The Balaban J connectivity index is 0.00000193. The molecule has 0 spiro atoms. The summed E-state index contributed by atoms with van der Waals surface area (Å²) >= 11 is 0. The van der Waals surface area contributed by atoms with Gasteiger partial charge in [0.1, 0.15) is 11.3 Å². The molecule has 3 aromatic rings. The molecule has 33 heavy (non-hydrogen) atoms. The molecule has 0 radical (unpaired) electrons. The number of halogens is 2. The number of nitrogens with zero attached hydrogens (tertiary/aromatic N) is 5. The molecule has 0 saturated carbocycles. The van der Waals surface area contributed by atoms with Gasteiger partial charge in [0, 0.05) is 44.8 Å². The fraction of sp³-hybridized carbons (Fsp3) is 0.462. The zero-order valence-electron chi connectivity index (χ0n) is 20.3. The van der Waals surface area contributed by atoms with Gasteiger partial charge < -0.3 is 9.47 Å². The van der Waals surface area contributed by atoms with Gasteiger partial charge in [0.05, 0.1) is 6.54 Å². The van der Waals surface area contributed by atoms with Crippen LogP contribution < -0.4 is 0 Å². The van der Waals surface area contributed by atoms with Crippen LogP contribution in [0.4, 0.5) is 0 Å². The Labute approximate surface area is 210 Å². The normalized spacial score (nSPS) is 15.0. The number of hydrogen-bond acceptors (Lipinski definition) is 4. The van der Waals surface area contributed by atoms with Crippen molar-refractivity contribution >= 4 is 42.1 Å². The Bertz CT molecular complexity index is 1050. The average molecular weight is 491 g/mol. The van der Waals surface area contributed by atoms with Crippen molar-refractivity contribution in [2.45, 2.75) is 40.7 Å². The third-order valence-electron chi connectivity index (χ3n) is 6.32. The molecule has 0 N–H and O–H groups in total. The van der Waals surface area contributed by atoms with Gasteiger partial charge in [0.25, 0.3) is 0 Å². The smallest absolute Gasteiger partial charge is 0.160 e. The first-order valence-electron chi connectivity index (χ1n) is 11.6. The second-order valence-corrected chi connectivity index (χ2v) is 8.60. The molecule has 0 atom stereocenters. The van der Waals surface area contributed by atoms with Gasteiger partial charge in [-0.15, -0.1) is 24.8 Å². The van der Waals surface area contributed by atoms with Crippen molar-refractivity contribution in [1.29, 1.82) is 0 Å². The fourth-order valence-corrected chi connectivity index (χ4v) is 4.43. The molecular formula is C26H37Cl2N5. The van der Waals surface area contributed by atoms with Crippen molar-refractivity contribution < 1.29 is 0 Å². The van der Waals surface area contributed by atoms with Crippen molar-refractivity contribution in [2.75, 3.05) is 39.3 Å². The van der Waals surface area contributed by atoms with Crippen LogP contribution in [0.25, 0.3) is 17.2 Å². The number of piperazine rings is 1. The summed E-state index contributed by atoms with van der Waals surface area (Å²) in [7, 11) is 0. The molecule has 1 fully saturated rings. The maximum atomic E-state index is 4.86. The number of aromatic nitrogens is 3. The average Bonchev–Trinajstić information content (AvgIpc) is 3.13. The molecule has 1 saturated heterocycles. The van der Waals surface area contributed by atoms with Crippen LogP contribution in [-0.4, -0.2) is 63.6 Å². The highest BCUT2D eigenvalue weighted by Crippen LogP contribution is 2.21. The number of pyridine rings is 1. The quantitative estimate of drug-likeness (QED) is 0.459. The maximum absolute atomic E-state index is 4.86. The molecule has 5 nitrogen and oxygen atoms in total. The third kappa shape index (κ3) is 6.57. The van der Waals surface area contributed by atoms with E-state index in [2.05, 4.69) is 84.5 Å². The first-order chi connectivity index (χ1) is 15.1. The van der Waals surface area contributed by atoms with Crippen LogP contribution in [0.3, 0.4) is 0 Å². The monoisotopic (exact) mass is 489 g/mol. The van der Waals surface area contributed by atoms with E-state index in [1.807, 2.05) is 0 Å². The number of likely N-dealkylation sites (N-methyl/N-ethyl adjacent to an activating group) is 1. The van der Waals surface area contributed by atoms with Gasteiger partial charge in [0.2, 0.25) is 0 Å². The zero-order chi connectivity index (χ0) is 21.8. The molecule has 3 heterocycles. The van der Waals surface area contributed by atoms with Crippen LogP contribution in [0.2, 0.25) is 0 Å². The third-order valence-corrected chi connectivity index (χ3v) is 6.32. The summed E-state index contributed by atoms with van der Waals surface area (Å²) in [6.07, 6.45) is 5.45.